The van der Waals surface area contributed by atoms with Crippen molar-refractivity contribution < 1.29 is 0 Å². The van der Waals surface area contributed by atoms with Gasteiger partial charge in [-0.1, -0.05) is 19.1 Å². The monoisotopic (exact) mass is 258 g/mol. The summed E-state index contributed by atoms with van der Waals surface area (Å²) < 4.78 is 0. The van der Waals surface area contributed by atoms with Crippen molar-refractivity contribution in [3.8, 4) is 6.07 Å². The molecule has 1 aliphatic heterocycles. The van der Waals surface area contributed by atoms with Crippen molar-refractivity contribution in [2.45, 2.75) is 19.4 Å². The lowest BCUT2D eigenvalue weighted by atomic mass is 10.0. The van der Waals surface area contributed by atoms with Crippen LogP contribution in [0.2, 0.25) is 0 Å². The molecule has 4 heteroatoms. The van der Waals surface area contributed by atoms with Gasteiger partial charge in [-0.3, -0.25) is 5.32 Å². The molecule has 4 nitrogen and oxygen atoms in total. The van der Waals surface area contributed by atoms with Gasteiger partial charge in [0.2, 0.25) is 0 Å². The summed E-state index contributed by atoms with van der Waals surface area (Å²) in [5, 5.41) is 12.7. The lowest BCUT2D eigenvalue weighted by Crippen LogP contribution is -2.53. The van der Waals surface area contributed by atoms with E-state index in [2.05, 4.69) is 52.5 Å². The molecule has 1 aliphatic rings. The van der Waals surface area contributed by atoms with E-state index < -0.39 is 5.54 Å². The average Bonchev–Trinajstić information content (AvgIpc) is 2.43. The second kappa shape index (κ2) is 5.50. The Morgan fingerprint density at radius 3 is 2.63 bits per heavy atom. The fraction of sp³-hybridized carbons (Fsp3) is 0.533. The van der Waals surface area contributed by atoms with Gasteiger partial charge >= 0.3 is 0 Å². The summed E-state index contributed by atoms with van der Waals surface area (Å²) in [4.78, 5) is 4.57. The molecular formula is C15H22N4. The summed E-state index contributed by atoms with van der Waals surface area (Å²) >= 11 is 0. The van der Waals surface area contributed by atoms with E-state index in [0.717, 1.165) is 19.6 Å². The van der Waals surface area contributed by atoms with Gasteiger partial charge in [0, 0.05) is 26.7 Å². The van der Waals surface area contributed by atoms with Gasteiger partial charge in [-0.05, 0) is 25.6 Å². The number of nitriles is 1. The Kier molecular flexibility index (Phi) is 3.96. The van der Waals surface area contributed by atoms with E-state index in [1.807, 2.05) is 13.8 Å². The van der Waals surface area contributed by atoms with Crippen LogP contribution in [0.4, 0.5) is 11.4 Å². The van der Waals surface area contributed by atoms with Crippen LogP contribution in [-0.2, 0) is 0 Å². The third-order valence-electron chi connectivity index (χ3n) is 3.66. The lowest BCUT2D eigenvalue weighted by Gasteiger charge is -2.40. The van der Waals surface area contributed by atoms with Gasteiger partial charge in [-0.2, -0.15) is 5.26 Å². The Labute approximate surface area is 115 Å². The molecule has 0 bridgehead atoms. The molecule has 0 saturated carbocycles. The summed E-state index contributed by atoms with van der Waals surface area (Å²) in [6, 6.07) is 10.8. The van der Waals surface area contributed by atoms with Gasteiger partial charge in [0.1, 0.15) is 5.54 Å². The third-order valence-corrected chi connectivity index (χ3v) is 3.66. The number of fused-ring (bicyclic) bond motifs is 1. The fourth-order valence-corrected chi connectivity index (χ4v) is 2.63. The average molecular weight is 258 g/mol. The lowest BCUT2D eigenvalue weighted by molar-refractivity contribution is 0.452. The van der Waals surface area contributed by atoms with Crippen LogP contribution in [0, 0.1) is 11.3 Å². The van der Waals surface area contributed by atoms with E-state index in [0.29, 0.717) is 6.54 Å². The molecule has 1 aromatic rings. The number of para-hydroxylation sites is 2. The van der Waals surface area contributed by atoms with E-state index in [1.54, 1.807) is 0 Å². The third kappa shape index (κ3) is 2.82. The number of benzene rings is 1. The van der Waals surface area contributed by atoms with Crippen LogP contribution < -0.4 is 15.1 Å². The molecule has 0 saturated heterocycles. The van der Waals surface area contributed by atoms with E-state index >= 15 is 0 Å². The molecule has 0 aliphatic carbocycles. The first-order chi connectivity index (χ1) is 9.09. The van der Waals surface area contributed by atoms with Crippen molar-refractivity contribution in [3.05, 3.63) is 24.3 Å². The van der Waals surface area contributed by atoms with Gasteiger partial charge in [0.05, 0.1) is 17.4 Å². The molecule has 1 heterocycles. The van der Waals surface area contributed by atoms with Crippen LogP contribution in [0.15, 0.2) is 24.3 Å². The number of rotatable bonds is 4. The Balaban J connectivity index is 2.23. The quantitative estimate of drug-likeness (QED) is 0.895. The number of nitrogens with one attached hydrogen (secondary N) is 1. The number of nitrogens with zero attached hydrogens (tertiary/aromatic N) is 3. The zero-order valence-corrected chi connectivity index (χ0v) is 12.0. The van der Waals surface area contributed by atoms with E-state index in [4.69, 9.17) is 0 Å². The molecule has 0 radical (unpaired) electrons. The molecule has 0 amide bonds. The normalized spacial score (nSPS) is 17.6. The number of anilines is 2. The minimum absolute atomic E-state index is 0.502. The van der Waals surface area contributed by atoms with Gasteiger partial charge in [0.25, 0.3) is 0 Å². The highest BCUT2D eigenvalue weighted by atomic mass is 15.3. The van der Waals surface area contributed by atoms with E-state index in [9.17, 15) is 5.26 Å². The maximum atomic E-state index is 9.40. The zero-order chi connectivity index (χ0) is 13.9. The molecular weight excluding hydrogens is 236 g/mol. The van der Waals surface area contributed by atoms with Crippen LogP contribution in [-0.4, -0.2) is 38.8 Å². The van der Waals surface area contributed by atoms with Gasteiger partial charge < -0.3 is 9.80 Å². The predicted octanol–water partition coefficient (Wildman–Crippen LogP) is 1.83. The van der Waals surface area contributed by atoms with Gasteiger partial charge in [-0.25, -0.2) is 0 Å². The second-order valence-electron chi connectivity index (χ2n) is 5.31. The van der Waals surface area contributed by atoms with E-state index in [-0.39, 0.29) is 0 Å². The predicted molar refractivity (Wildman–Crippen MR) is 79.6 cm³/mol. The molecule has 1 unspecified atom stereocenters. The van der Waals surface area contributed by atoms with Crippen LogP contribution in [0.1, 0.15) is 13.8 Å². The topological polar surface area (TPSA) is 42.3 Å². The largest absolute Gasteiger partial charge is 0.371 e. The molecule has 0 aromatic heterocycles. The minimum atomic E-state index is -0.502. The van der Waals surface area contributed by atoms with Crippen molar-refractivity contribution in [1.29, 1.82) is 5.26 Å². The van der Waals surface area contributed by atoms with Crippen molar-refractivity contribution in [2.75, 3.05) is 43.0 Å². The Hall–Kier alpha value is -1.73. The summed E-state index contributed by atoms with van der Waals surface area (Å²) in [5.41, 5.74) is 1.96. The van der Waals surface area contributed by atoms with Crippen molar-refractivity contribution in [3.63, 3.8) is 0 Å². The Bertz CT molecular complexity index is 479. The first-order valence-corrected chi connectivity index (χ1v) is 6.81. The number of likely N-dealkylation sites (N-methyl/N-ethyl adjacent to an activating group) is 2. The van der Waals surface area contributed by atoms with E-state index in [1.165, 1.54) is 11.4 Å². The highest BCUT2D eigenvalue weighted by Crippen LogP contribution is 2.32. The summed E-state index contributed by atoms with van der Waals surface area (Å²) in [7, 11) is 2.12. The minimum Gasteiger partial charge on any atom is -0.371 e. The maximum absolute atomic E-state index is 9.40. The Morgan fingerprint density at radius 1 is 1.32 bits per heavy atom. The molecule has 19 heavy (non-hydrogen) atoms. The van der Waals surface area contributed by atoms with Crippen LogP contribution >= 0.6 is 0 Å². The summed E-state index contributed by atoms with van der Waals surface area (Å²) in [6.07, 6.45) is 0. The molecule has 0 fully saturated rings. The molecule has 2 rings (SSSR count). The first-order valence-electron chi connectivity index (χ1n) is 6.81. The molecule has 1 aromatic carbocycles. The number of hydrogen-bond donors (Lipinski definition) is 1. The van der Waals surface area contributed by atoms with Crippen LogP contribution in [0.3, 0.4) is 0 Å². The zero-order valence-electron chi connectivity index (χ0n) is 12.0. The summed E-state index contributed by atoms with van der Waals surface area (Å²) in [5.74, 6) is 0. The molecule has 1 atom stereocenters. The van der Waals surface area contributed by atoms with Crippen molar-refractivity contribution in [2.24, 2.45) is 0 Å². The van der Waals surface area contributed by atoms with Gasteiger partial charge in [-0.15, -0.1) is 0 Å². The highest BCUT2D eigenvalue weighted by molar-refractivity contribution is 5.73. The SMILES string of the molecule is CCNC(C)(C#N)CN1CCN(C)c2ccccc21. The standard InChI is InChI=1S/C15H22N4/c1-4-17-15(2,11-16)12-19-10-9-18(3)13-7-5-6-8-14(13)19/h5-8,17H,4,9-10,12H2,1-3H3. The number of hydrogen-bond acceptors (Lipinski definition) is 4. The molecule has 1 N–H and O–H groups in total. The molecule has 0 spiro atoms. The molecule has 102 valence electrons. The van der Waals surface area contributed by atoms with Crippen molar-refractivity contribution in [1.82, 2.24) is 5.32 Å². The highest BCUT2D eigenvalue weighted by Gasteiger charge is 2.29. The first kappa shape index (κ1) is 13.7. The maximum Gasteiger partial charge on any atom is 0.121 e. The Morgan fingerprint density at radius 2 is 2.00 bits per heavy atom. The second-order valence-corrected chi connectivity index (χ2v) is 5.31. The summed E-state index contributed by atoms with van der Waals surface area (Å²) in [6.45, 7) is 7.47. The fourth-order valence-electron chi connectivity index (χ4n) is 2.63. The smallest absolute Gasteiger partial charge is 0.121 e. The van der Waals surface area contributed by atoms with Crippen LogP contribution in [0.5, 0.6) is 0 Å². The van der Waals surface area contributed by atoms with Gasteiger partial charge in [0.15, 0.2) is 0 Å². The van der Waals surface area contributed by atoms with Crippen LogP contribution in [0.25, 0.3) is 0 Å². The van der Waals surface area contributed by atoms with Crippen molar-refractivity contribution >= 4 is 11.4 Å².